The summed E-state index contributed by atoms with van der Waals surface area (Å²) in [5, 5.41) is 3.81. The van der Waals surface area contributed by atoms with Crippen LogP contribution in [0.5, 0.6) is 0 Å². The number of nitrogens with zero attached hydrogens (tertiary/aromatic N) is 2. The molecular weight excluding hydrogens is 234 g/mol. The van der Waals surface area contributed by atoms with Gasteiger partial charge in [-0.15, -0.1) is 0 Å². The van der Waals surface area contributed by atoms with Gasteiger partial charge in [-0.1, -0.05) is 6.42 Å². The Morgan fingerprint density at radius 3 is 2.74 bits per heavy atom. The number of hydrogen-bond acceptors (Lipinski definition) is 3. The van der Waals surface area contributed by atoms with E-state index in [1.807, 2.05) is 0 Å². The van der Waals surface area contributed by atoms with Gasteiger partial charge < -0.3 is 10.2 Å². The van der Waals surface area contributed by atoms with Gasteiger partial charge in [0.25, 0.3) is 0 Å². The van der Waals surface area contributed by atoms with Crippen LogP contribution in [0.25, 0.3) is 0 Å². The molecule has 0 amide bonds. The lowest BCUT2D eigenvalue weighted by Crippen LogP contribution is -2.41. The molecule has 4 rings (SSSR count). The lowest BCUT2D eigenvalue weighted by molar-refractivity contribution is 0.216. The summed E-state index contributed by atoms with van der Waals surface area (Å²) < 4.78 is 0. The van der Waals surface area contributed by atoms with Gasteiger partial charge in [0.05, 0.1) is 0 Å². The van der Waals surface area contributed by atoms with Crippen LogP contribution in [0.15, 0.2) is 0 Å². The molecule has 4 unspecified atom stereocenters. The van der Waals surface area contributed by atoms with Crippen molar-refractivity contribution in [2.24, 2.45) is 11.8 Å². The summed E-state index contributed by atoms with van der Waals surface area (Å²) in [6.07, 6.45) is 8.76. The molecule has 0 bridgehead atoms. The first kappa shape index (κ1) is 12.6. The van der Waals surface area contributed by atoms with Crippen molar-refractivity contribution in [3.05, 3.63) is 0 Å². The minimum Gasteiger partial charge on any atom is -0.312 e. The van der Waals surface area contributed by atoms with Crippen molar-refractivity contribution in [1.82, 2.24) is 15.1 Å². The van der Waals surface area contributed by atoms with E-state index in [4.69, 9.17) is 0 Å². The lowest BCUT2D eigenvalue weighted by atomic mass is 9.94. The molecule has 0 radical (unpaired) electrons. The van der Waals surface area contributed by atoms with E-state index < -0.39 is 0 Å². The molecule has 0 aromatic heterocycles. The second-order valence-corrected chi connectivity index (χ2v) is 7.31. The van der Waals surface area contributed by atoms with Crippen LogP contribution < -0.4 is 5.32 Å². The maximum atomic E-state index is 3.81. The van der Waals surface area contributed by atoms with Crippen molar-refractivity contribution in [2.75, 3.05) is 39.3 Å². The molecule has 0 aromatic rings. The van der Waals surface area contributed by atoms with Crippen LogP contribution in [0.4, 0.5) is 0 Å². The molecule has 4 fully saturated rings. The zero-order valence-electron chi connectivity index (χ0n) is 12.2. The van der Waals surface area contributed by atoms with Crippen molar-refractivity contribution >= 4 is 0 Å². The number of rotatable bonds is 3. The minimum absolute atomic E-state index is 0.810. The molecule has 3 saturated heterocycles. The standard InChI is InChI=1S/C16H29N3/c1-2-8-19(7-1)14-6-9-18(11-14)12-16-15-5-3-4-13(15)10-17-16/h13-17H,1-12H2. The summed E-state index contributed by atoms with van der Waals surface area (Å²) in [6.45, 7) is 8.05. The predicted molar refractivity (Wildman–Crippen MR) is 78.3 cm³/mol. The number of likely N-dealkylation sites (tertiary alicyclic amines) is 2. The van der Waals surface area contributed by atoms with Crippen molar-refractivity contribution in [3.8, 4) is 0 Å². The monoisotopic (exact) mass is 263 g/mol. The van der Waals surface area contributed by atoms with E-state index in [2.05, 4.69) is 15.1 Å². The fraction of sp³-hybridized carbons (Fsp3) is 1.00. The van der Waals surface area contributed by atoms with Crippen LogP contribution in [0.3, 0.4) is 0 Å². The van der Waals surface area contributed by atoms with Gasteiger partial charge in [-0.3, -0.25) is 4.90 Å². The highest BCUT2D eigenvalue weighted by Crippen LogP contribution is 2.38. The summed E-state index contributed by atoms with van der Waals surface area (Å²) in [5.41, 5.74) is 0. The molecule has 3 heteroatoms. The predicted octanol–water partition coefficient (Wildman–Crippen LogP) is 1.54. The van der Waals surface area contributed by atoms with E-state index in [1.165, 1.54) is 77.8 Å². The van der Waals surface area contributed by atoms with Crippen LogP contribution in [0.2, 0.25) is 0 Å². The van der Waals surface area contributed by atoms with Crippen molar-refractivity contribution in [3.63, 3.8) is 0 Å². The number of nitrogens with one attached hydrogen (secondary N) is 1. The van der Waals surface area contributed by atoms with E-state index in [0.29, 0.717) is 0 Å². The molecule has 1 aliphatic carbocycles. The fourth-order valence-corrected chi connectivity index (χ4v) is 5.16. The van der Waals surface area contributed by atoms with Gasteiger partial charge in [0, 0.05) is 25.2 Å². The quantitative estimate of drug-likeness (QED) is 0.833. The Bertz CT molecular complexity index is 313. The third-order valence-electron chi connectivity index (χ3n) is 6.24. The van der Waals surface area contributed by atoms with Gasteiger partial charge in [0.15, 0.2) is 0 Å². The Morgan fingerprint density at radius 2 is 1.84 bits per heavy atom. The first-order valence-corrected chi connectivity index (χ1v) is 8.60. The maximum Gasteiger partial charge on any atom is 0.0235 e. The molecule has 0 spiro atoms. The van der Waals surface area contributed by atoms with E-state index in [1.54, 1.807) is 0 Å². The molecule has 3 nitrogen and oxygen atoms in total. The van der Waals surface area contributed by atoms with Crippen LogP contribution >= 0.6 is 0 Å². The Balaban J connectivity index is 1.29. The zero-order chi connectivity index (χ0) is 12.7. The first-order valence-electron chi connectivity index (χ1n) is 8.60. The maximum absolute atomic E-state index is 3.81. The molecular formula is C16H29N3. The van der Waals surface area contributed by atoms with E-state index in [-0.39, 0.29) is 0 Å². The molecule has 19 heavy (non-hydrogen) atoms. The van der Waals surface area contributed by atoms with Gasteiger partial charge in [0.1, 0.15) is 0 Å². The summed E-state index contributed by atoms with van der Waals surface area (Å²) in [4.78, 5) is 5.50. The largest absolute Gasteiger partial charge is 0.312 e. The van der Waals surface area contributed by atoms with Crippen LogP contribution in [0.1, 0.15) is 38.5 Å². The summed E-state index contributed by atoms with van der Waals surface area (Å²) in [7, 11) is 0. The highest BCUT2D eigenvalue weighted by atomic mass is 15.3. The SMILES string of the molecule is C1CC2CNC(CN3CCC(N4CCCC4)C3)C2C1. The van der Waals surface area contributed by atoms with E-state index in [9.17, 15) is 0 Å². The molecule has 3 aliphatic heterocycles. The van der Waals surface area contributed by atoms with Gasteiger partial charge in [0.2, 0.25) is 0 Å². The second kappa shape index (κ2) is 5.34. The zero-order valence-corrected chi connectivity index (χ0v) is 12.2. The van der Waals surface area contributed by atoms with Crippen LogP contribution in [-0.4, -0.2) is 61.2 Å². The Hall–Kier alpha value is -0.120. The van der Waals surface area contributed by atoms with Gasteiger partial charge in [-0.25, -0.2) is 0 Å². The number of fused-ring (bicyclic) bond motifs is 1. The van der Waals surface area contributed by atoms with Crippen molar-refractivity contribution in [1.29, 1.82) is 0 Å². The molecule has 4 aliphatic rings. The highest BCUT2D eigenvalue weighted by molar-refractivity contribution is 4.97. The van der Waals surface area contributed by atoms with E-state index in [0.717, 1.165) is 23.9 Å². The normalized spacial score (nSPS) is 44.2. The fourth-order valence-electron chi connectivity index (χ4n) is 5.16. The van der Waals surface area contributed by atoms with Crippen molar-refractivity contribution in [2.45, 2.75) is 50.6 Å². The van der Waals surface area contributed by atoms with Gasteiger partial charge >= 0.3 is 0 Å². The molecule has 108 valence electrons. The smallest absolute Gasteiger partial charge is 0.0235 e. The molecule has 1 saturated carbocycles. The second-order valence-electron chi connectivity index (χ2n) is 7.31. The third kappa shape index (κ3) is 2.45. The summed E-state index contributed by atoms with van der Waals surface area (Å²) >= 11 is 0. The average Bonchev–Trinajstić information content (AvgIpc) is 3.15. The highest BCUT2D eigenvalue weighted by Gasteiger charge is 2.40. The lowest BCUT2D eigenvalue weighted by Gasteiger charge is -2.27. The molecule has 4 atom stereocenters. The van der Waals surface area contributed by atoms with E-state index >= 15 is 0 Å². The Labute approximate surface area is 117 Å². The minimum atomic E-state index is 0.810. The van der Waals surface area contributed by atoms with Crippen LogP contribution in [-0.2, 0) is 0 Å². The van der Waals surface area contributed by atoms with Crippen LogP contribution in [0, 0.1) is 11.8 Å². The number of hydrogen-bond donors (Lipinski definition) is 1. The molecule has 3 heterocycles. The third-order valence-corrected chi connectivity index (χ3v) is 6.24. The van der Waals surface area contributed by atoms with Crippen molar-refractivity contribution < 1.29 is 0 Å². The molecule has 1 N–H and O–H groups in total. The Morgan fingerprint density at radius 1 is 0.947 bits per heavy atom. The summed E-state index contributed by atoms with van der Waals surface area (Å²) in [5.74, 6) is 2.02. The average molecular weight is 263 g/mol. The Kier molecular flexibility index (Phi) is 3.55. The topological polar surface area (TPSA) is 18.5 Å². The van der Waals surface area contributed by atoms with Gasteiger partial charge in [-0.05, 0) is 70.1 Å². The van der Waals surface area contributed by atoms with Gasteiger partial charge in [-0.2, -0.15) is 0 Å². The molecule has 0 aromatic carbocycles. The summed E-state index contributed by atoms with van der Waals surface area (Å²) in [6, 6.07) is 1.69. The first-order chi connectivity index (χ1) is 9.40.